The summed E-state index contributed by atoms with van der Waals surface area (Å²) in [6.45, 7) is 4.19. The molecule has 3 heteroatoms. The van der Waals surface area contributed by atoms with Crippen molar-refractivity contribution in [3.05, 3.63) is 26.8 Å². The summed E-state index contributed by atoms with van der Waals surface area (Å²) in [6, 6.07) is 4.10. The summed E-state index contributed by atoms with van der Waals surface area (Å²) in [5.74, 6) is 0.887. The van der Waals surface area contributed by atoms with Crippen LogP contribution < -0.4 is 4.74 Å². The normalized spacial score (nSPS) is 17.7. The highest BCUT2D eigenvalue weighted by Gasteiger charge is 2.31. The van der Waals surface area contributed by atoms with E-state index in [0.29, 0.717) is 0 Å². The fourth-order valence-corrected chi connectivity index (χ4v) is 2.61. The number of aliphatic hydroxyl groups excluding tert-OH is 1. The van der Waals surface area contributed by atoms with Gasteiger partial charge in [0.2, 0.25) is 0 Å². The molecule has 1 N–H and O–H groups in total. The Hall–Kier alpha value is -0.290. The van der Waals surface area contributed by atoms with Crippen molar-refractivity contribution in [2.45, 2.75) is 32.5 Å². The average Bonchev–Trinajstić information content (AvgIpc) is 2.37. The van der Waals surface area contributed by atoms with Crippen LogP contribution in [0.4, 0.5) is 0 Å². The van der Waals surface area contributed by atoms with Gasteiger partial charge in [0.1, 0.15) is 11.4 Å². The van der Waals surface area contributed by atoms with Crippen LogP contribution in [0.25, 0.3) is 0 Å². The first-order valence-electron chi connectivity index (χ1n) is 4.63. The van der Waals surface area contributed by atoms with E-state index in [1.54, 1.807) is 0 Å². The van der Waals surface area contributed by atoms with Crippen LogP contribution in [0, 0.1) is 3.57 Å². The third-order valence-corrected chi connectivity index (χ3v) is 3.00. The summed E-state index contributed by atoms with van der Waals surface area (Å²) in [7, 11) is 0. The molecule has 1 aromatic rings. The molecular formula is C11H13IO2. The van der Waals surface area contributed by atoms with E-state index in [1.165, 1.54) is 5.56 Å². The molecule has 1 heterocycles. The molecule has 2 nitrogen and oxygen atoms in total. The first-order chi connectivity index (χ1) is 6.52. The van der Waals surface area contributed by atoms with Crippen LogP contribution in [0.3, 0.4) is 0 Å². The number of ether oxygens (including phenoxy) is 1. The van der Waals surface area contributed by atoms with Crippen LogP contribution in [-0.4, -0.2) is 10.7 Å². The van der Waals surface area contributed by atoms with Crippen LogP contribution >= 0.6 is 22.6 Å². The van der Waals surface area contributed by atoms with Crippen molar-refractivity contribution in [3.63, 3.8) is 0 Å². The van der Waals surface area contributed by atoms with Gasteiger partial charge < -0.3 is 9.84 Å². The van der Waals surface area contributed by atoms with E-state index in [2.05, 4.69) is 42.5 Å². The number of benzene rings is 1. The number of aliphatic hydroxyl groups is 1. The molecule has 1 aliphatic rings. The second-order valence-corrected chi connectivity index (χ2v) is 5.50. The summed E-state index contributed by atoms with van der Waals surface area (Å²) in [5, 5.41) is 9.21. The van der Waals surface area contributed by atoms with E-state index in [0.717, 1.165) is 21.3 Å². The van der Waals surface area contributed by atoms with Crippen molar-refractivity contribution >= 4 is 22.6 Å². The van der Waals surface area contributed by atoms with Crippen LogP contribution in [0.2, 0.25) is 0 Å². The molecule has 0 saturated carbocycles. The van der Waals surface area contributed by atoms with Crippen molar-refractivity contribution in [2.24, 2.45) is 0 Å². The molecule has 0 amide bonds. The zero-order valence-electron chi connectivity index (χ0n) is 8.30. The predicted octanol–water partition coefficient (Wildman–Crippen LogP) is 2.50. The maximum atomic E-state index is 9.21. The van der Waals surface area contributed by atoms with Crippen molar-refractivity contribution < 1.29 is 9.84 Å². The Labute approximate surface area is 97.4 Å². The smallest absolute Gasteiger partial charge is 0.129 e. The number of halogens is 1. The highest BCUT2D eigenvalue weighted by Crippen LogP contribution is 2.38. The molecule has 0 unspecified atom stereocenters. The van der Waals surface area contributed by atoms with Gasteiger partial charge in [-0.15, -0.1) is 0 Å². The molecule has 0 spiro atoms. The molecule has 0 saturated heterocycles. The van der Waals surface area contributed by atoms with Gasteiger partial charge in [0.15, 0.2) is 0 Å². The zero-order valence-corrected chi connectivity index (χ0v) is 10.5. The molecule has 14 heavy (non-hydrogen) atoms. The van der Waals surface area contributed by atoms with E-state index in [4.69, 9.17) is 4.74 Å². The Morgan fingerprint density at radius 1 is 1.50 bits per heavy atom. The third kappa shape index (κ3) is 1.75. The van der Waals surface area contributed by atoms with Crippen LogP contribution in [0.15, 0.2) is 12.1 Å². The van der Waals surface area contributed by atoms with Crippen molar-refractivity contribution in [3.8, 4) is 5.75 Å². The minimum absolute atomic E-state index is 0.0508. The minimum Gasteiger partial charge on any atom is -0.487 e. The monoisotopic (exact) mass is 304 g/mol. The second-order valence-electron chi connectivity index (χ2n) is 4.25. The maximum Gasteiger partial charge on any atom is 0.129 e. The van der Waals surface area contributed by atoms with E-state index in [1.807, 2.05) is 6.07 Å². The highest BCUT2D eigenvalue weighted by molar-refractivity contribution is 14.1. The van der Waals surface area contributed by atoms with Crippen LogP contribution in [0.5, 0.6) is 5.75 Å². The Morgan fingerprint density at radius 3 is 2.86 bits per heavy atom. The van der Waals surface area contributed by atoms with Gasteiger partial charge in [0, 0.05) is 15.6 Å². The minimum atomic E-state index is -0.128. The number of fused-ring (bicyclic) bond motifs is 1. The van der Waals surface area contributed by atoms with Crippen LogP contribution in [-0.2, 0) is 13.0 Å². The first-order valence-corrected chi connectivity index (χ1v) is 5.71. The SMILES string of the molecule is CC1(C)Cc2cc(I)cc(CO)c2O1. The summed E-state index contributed by atoms with van der Waals surface area (Å²) < 4.78 is 6.97. The molecule has 0 atom stereocenters. The Morgan fingerprint density at radius 2 is 2.21 bits per heavy atom. The summed E-state index contributed by atoms with van der Waals surface area (Å²) in [5.41, 5.74) is 1.99. The second kappa shape index (κ2) is 3.38. The fraction of sp³-hybridized carbons (Fsp3) is 0.455. The first kappa shape index (κ1) is 10.2. The van der Waals surface area contributed by atoms with E-state index >= 15 is 0 Å². The van der Waals surface area contributed by atoms with Gasteiger partial charge in [-0.2, -0.15) is 0 Å². The molecule has 2 rings (SSSR count). The fourth-order valence-electron chi connectivity index (χ4n) is 1.86. The molecule has 0 aliphatic carbocycles. The molecule has 0 aromatic heterocycles. The molecule has 1 aromatic carbocycles. The lowest BCUT2D eigenvalue weighted by Gasteiger charge is -2.17. The standard InChI is InChI=1S/C11H13IO2/c1-11(2)5-7-3-9(12)4-8(6-13)10(7)14-11/h3-4,13H,5-6H2,1-2H3. The summed E-state index contributed by atoms with van der Waals surface area (Å²) in [4.78, 5) is 0. The average molecular weight is 304 g/mol. The largest absolute Gasteiger partial charge is 0.487 e. The highest BCUT2D eigenvalue weighted by atomic mass is 127. The predicted molar refractivity (Wildman–Crippen MR) is 63.5 cm³/mol. The van der Waals surface area contributed by atoms with Crippen molar-refractivity contribution in [1.29, 1.82) is 0 Å². The van der Waals surface area contributed by atoms with E-state index < -0.39 is 0 Å². The Bertz CT molecular complexity index is 372. The molecule has 0 bridgehead atoms. The van der Waals surface area contributed by atoms with Crippen molar-refractivity contribution in [2.75, 3.05) is 0 Å². The molecule has 76 valence electrons. The number of hydrogen-bond donors (Lipinski definition) is 1. The van der Waals surface area contributed by atoms with Gasteiger partial charge in [-0.25, -0.2) is 0 Å². The third-order valence-electron chi connectivity index (χ3n) is 2.37. The van der Waals surface area contributed by atoms with Gasteiger partial charge in [-0.3, -0.25) is 0 Å². The number of rotatable bonds is 1. The Balaban J connectivity index is 2.50. The Kier molecular flexibility index (Phi) is 2.47. The lowest BCUT2D eigenvalue weighted by molar-refractivity contribution is 0.134. The van der Waals surface area contributed by atoms with E-state index in [9.17, 15) is 5.11 Å². The molecule has 1 aliphatic heterocycles. The van der Waals surface area contributed by atoms with Gasteiger partial charge in [0.05, 0.1) is 6.61 Å². The maximum absolute atomic E-state index is 9.21. The topological polar surface area (TPSA) is 29.5 Å². The quantitative estimate of drug-likeness (QED) is 0.808. The molecular weight excluding hydrogens is 291 g/mol. The summed E-state index contributed by atoms with van der Waals surface area (Å²) >= 11 is 2.27. The lowest BCUT2D eigenvalue weighted by atomic mass is 10.0. The van der Waals surface area contributed by atoms with Crippen molar-refractivity contribution in [1.82, 2.24) is 0 Å². The van der Waals surface area contributed by atoms with Gasteiger partial charge in [-0.1, -0.05) is 0 Å². The van der Waals surface area contributed by atoms with Gasteiger partial charge in [-0.05, 0) is 54.1 Å². The van der Waals surface area contributed by atoms with Gasteiger partial charge in [0.25, 0.3) is 0 Å². The summed E-state index contributed by atoms with van der Waals surface area (Å²) in [6.07, 6.45) is 0.923. The molecule has 0 fully saturated rings. The lowest BCUT2D eigenvalue weighted by Crippen LogP contribution is -2.24. The number of hydrogen-bond acceptors (Lipinski definition) is 2. The van der Waals surface area contributed by atoms with Gasteiger partial charge >= 0.3 is 0 Å². The van der Waals surface area contributed by atoms with E-state index in [-0.39, 0.29) is 12.2 Å². The van der Waals surface area contributed by atoms with Crippen LogP contribution in [0.1, 0.15) is 25.0 Å². The zero-order chi connectivity index (χ0) is 10.3. The molecule has 0 radical (unpaired) electrons.